The maximum absolute atomic E-state index is 5.92. The highest BCUT2D eigenvalue weighted by atomic mass is 16.5. The SMILES string of the molecule is COc1ccc(/C=C/c2ccc3ccccc3c2)cc1N. The van der Waals surface area contributed by atoms with Crippen LogP contribution in [0, 0.1) is 0 Å². The lowest BCUT2D eigenvalue weighted by molar-refractivity contribution is 0.417. The van der Waals surface area contributed by atoms with Crippen LogP contribution >= 0.6 is 0 Å². The Morgan fingerprint density at radius 3 is 2.19 bits per heavy atom. The maximum atomic E-state index is 5.92. The third-order valence-corrected chi connectivity index (χ3v) is 3.50. The molecule has 0 aliphatic heterocycles. The zero-order valence-corrected chi connectivity index (χ0v) is 11.9. The van der Waals surface area contributed by atoms with Gasteiger partial charge in [-0.05, 0) is 40.1 Å². The third kappa shape index (κ3) is 2.90. The fraction of sp³-hybridized carbons (Fsp3) is 0.0526. The summed E-state index contributed by atoms with van der Waals surface area (Å²) >= 11 is 0. The van der Waals surface area contributed by atoms with Crippen LogP contribution in [0.1, 0.15) is 11.1 Å². The number of nitrogen functional groups attached to an aromatic ring is 1. The Balaban J connectivity index is 1.88. The number of nitrogens with two attached hydrogens (primary N) is 1. The summed E-state index contributed by atoms with van der Waals surface area (Å²) in [6.45, 7) is 0. The fourth-order valence-electron chi connectivity index (χ4n) is 2.36. The van der Waals surface area contributed by atoms with Crippen LogP contribution in [0.3, 0.4) is 0 Å². The van der Waals surface area contributed by atoms with E-state index in [2.05, 4.69) is 54.6 Å². The quantitative estimate of drug-likeness (QED) is 0.560. The largest absolute Gasteiger partial charge is 0.495 e. The molecule has 3 rings (SSSR count). The molecular weight excluding hydrogens is 258 g/mol. The van der Waals surface area contributed by atoms with E-state index in [1.807, 2.05) is 18.2 Å². The van der Waals surface area contributed by atoms with Crippen LogP contribution in [0.25, 0.3) is 22.9 Å². The van der Waals surface area contributed by atoms with Gasteiger partial charge in [0.25, 0.3) is 0 Å². The number of hydrogen-bond donors (Lipinski definition) is 1. The van der Waals surface area contributed by atoms with Gasteiger partial charge in [0.15, 0.2) is 0 Å². The topological polar surface area (TPSA) is 35.2 Å². The number of benzene rings is 3. The van der Waals surface area contributed by atoms with E-state index in [1.54, 1.807) is 7.11 Å². The first-order chi connectivity index (χ1) is 10.3. The van der Waals surface area contributed by atoms with Crippen molar-refractivity contribution in [3.8, 4) is 5.75 Å². The molecule has 0 heterocycles. The molecule has 2 heteroatoms. The van der Waals surface area contributed by atoms with Crippen molar-refractivity contribution in [1.29, 1.82) is 0 Å². The second kappa shape index (κ2) is 5.71. The van der Waals surface area contributed by atoms with Gasteiger partial charge >= 0.3 is 0 Å². The van der Waals surface area contributed by atoms with Gasteiger partial charge in [-0.2, -0.15) is 0 Å². The molecular formula is C19H17NO. The lowest BCUT2D eigenvalue weighted by Gasteiger charge is -2.04. The molecule has 0 unspecified atom stereocenters. The molecule has 0 aliphatic carbocycles. The lowest BCUT2D eigenvalue weighted by atomic mass is 10.1. The fourth-order valence-corrected chi connectivity index (χ4v) is 2.36. The Bertz CT molecular complexity index is 806. The van der Waals surface area contributed by atoms with Gasteiger partial charge in [0.1, 0.15) is 5.75 Å². The summed E-state index contributed by atoms with van der Waals surface area (Å²) in [5.74, 6) is 0.706. The molecule has 21 heavy (non-hydrogen) atoms. The molecule has 0 saturated carbocycles. The highest BCUT2D eigenvalue weighted by Gasteiger charge is 1.98. The minimum absolute atomic E-state index is 0.651. The smallest absolute Gasteiger partial charge is 0.141 e. The molecule has 2 nitrogen and oxygen atoms in total. The average molecular weight is 275 g/mol. The summed E-state index contributed by atoms with van der Waals surface area (Å²) in [7, 11) is 1.62. The van der Waals surface area contributed by atoms with E-state index in [0.29, 0.717) is 11.4 Å². The first-order valence-corrected chi connectivity index (χ1v) is 6.87. The number of ether oxygens (including phenoxy) is 1. The van der Waals surface area contributed by atoms with E-state index in [9.17, 15) is 0 Å². The number of methoxy groups -OCH3 is 1. The van der Waals surface area contributed by atoms with E-state index in [0.717, 1.165) is 5.56 Å². The van der Waals surface area contributed by atoms with E-state index >= 15 is 0 Å². The van der Waals surface area contributed by atoms with Crippen LogP contribution in [-0.4, -0.2) is 7.11 Å². The molecule has 2 N–H and O–H groups in total. The predicted molar refractivity (Wildman–Crippen MR) is 90.3 cm³/mol. The lowest BCUT2D eigenvalue weighted by Crippen LogP contribution is -1.92. The van der Waals surface area contributed by atoms with E-state index in [4.69, 9.17) is 10.5 Å². The minimum atomic E-state index is 0.651. The van der Waals surface area contributed by atoms with Gasteiger partial charge in [-0.3, -0.25) is 0 Å². The Morgan fingerprint density at radius 1 is 0.810 bits per heavy atom. The van der Waals surface area contributed by atoms with Crippen molar-refractivity contribution in [2.45, 2.75) is 0 Å². The van der Waals surface area contributed by atoms with Crippen molar-refractivity contribution in [1.82, 2.24) is 0 Å². The van der Waals surface area contributed by atoms with Crippen molar-refractivity contribution in [2.24, 2.45) is 0 Å². The molecule has 3 aromatic rings. The predicted octanol–water partition coefficient (Wildman–Crippen LogP) is 4.60. The third-order valence-electron chi connectivity index (χ3n) is 3.50. The maximum Gasteiger partial charge on any atom is 0.141 e. The standard InChI is InChI=1S/C19H17NO/c1-21-19-11-9-15(13-18(19)20)7-6-14-8-10-16-4-2-3-5-17(16)12-14/h2-13H,20H2,1H3/b7-6+. The number of anilines is 1. The van der Waals surface area contributed by atoms with Gasteiger partial charge in [0.05, 0.1) is 12.8 Å². The van der Waals surface area contributed by atoms with Crippen molar-refractivity contribution >= 4 is 28.6 Å². The monoisotopic (exact) mass is 275 g/mol. The molecule has 0 aliphatic rings. The molecule has 0 bridgehead atoms. The zero-order chi connectivity index (χ0) is 14.7. The Hall–Kier alpha value is -2.74. The molecule has 3 aromatic carbocycles. The van der Waals surface area contributed by atoms with Crippen LogP contribution in [0.2, 0.25) is 0 Å². The van der Waals surface area contributed by atoms with Crippen molar-refractivity contribution in [3.05, 3.63) is 71.8 Å². The van der Waals surface area contributed by atoms with Gasteiger partial charge in [0, 0.05) is 0 Å². The molecule has 0 spiro atoms. The number of fused-ring (bicyclic) bond motifs is 1. The van der Waals surface area contributed by atoms with E-state index in [-0.39, 0.29) is 0 Å². The van der Waals surface area contributed by atoms with E-state index < -0.39 is 0 Å². The molecule has 0 atom stereocenters. The van der Waals surface area contributed by atoms with Crippen molar-refractivity contribution in [2.75, 3.05) is 12.8 Å². The highest BCUT2D eigenvalue weighted by Crippen LogP contribution is 2.23. The Kier molecular flexibility index (Phi) is 3.61. The molecule has 104 valence electrons. The second-order valence-electron chi connectivity index (χ2n) is 4.94. The summed E-state index contributed by atoms with van der Waals surface area (Å²) in [6.07, 6.45) is 4.15. The molecule has 0 fully saturated rings. The number of rotatable bonds is 3. The first kappa shape index (κ1) is 13.3. The molecule has 0 radical (unpaired) electrons. The summed E-state index contributed by atoms with van der Waals surface area (Å²) in [6, 6.07) is 20.6. The molecule has 0 saturated heterocycles. The van der Waals surface area contributed by atoms with Crippen LogP contribution in [-0.2, 0) is 0 Å². The summed E-state index contributed by atoms with van der Waals surface area (Å²) in [5, 5.41) is 2.50. The van der Waals surface area contributed by atoms with Crippen LogP contribution in [0.15, 0.2) is 60.7 Å². The Labute approximate surface area is 124 Å². The normalized spacial score (nSPS) is 11.1. The van der Waals surface area contributed by atoms with Crippen molar-refractivity contribution in [3.63, 3.8) is 0 Å². The minimum Gasteiger partial charge on any atom is -0.495 e. The van der Waals surface area contributed by atoms with Crippen LogP contribution in [0.4, 0.5) is 5.69 Å². The number of hydrogen-bond acceptors (Lipinski definition) is 2. The average Bonchev–Trinajstić information content (AvgIpc) is 2.53. The summed E-state index contributed by atoms with van der Waals surface area (Å²) in [4.78, 5) is 0. The van der Waals surface area contributed by atoms with Crippen LogP contribution < -0.4 is 10.5 Å². The van der Waals surface area contributed by atoms with Gasteiger partial charge in [-0.25, -0.2) is 0 Å². The van der Waals surface area contributed by atoms with Crippen molar-refractivity contribution < 1.29 is 4.74 Å². The van der Waals surface area contributed by atoms with E-state index in [1.165, 1.54) is 16.3 Å². The van der Waals surface area contributed by atoms with Gasteiger partial charge in [-0.1, -0.05) is 54.6 Å². The van der Waals surface area contributed by atoms with Crippen LogP contribution in [0.5, 0.6) is 5.75 Å². The Morgan fingerprint density at radius 2 is 1.48 bits per heavy atom. The molecule has 0 amide bonds. The zero-order valence-electron chi connectivity index (χ0n) is 11.9. The first-order valence-electron chi connectivity index (χ1n) is 6.87. The van der Waals surface area contributed by atoms with Gasteiger partial charge in [-0.15, -0.1) is 0 Å². The second-order valence-corrected chi connectivity index (χ2v) is 4.94. The summed E-state index contributed by atoms with van der Waals surface area (Å²) in [5.41, 5.74) is 8.79. The van der Waals surface area contributed by atoms with Gasteiger partial charge in [0.2, 0.25) is 0 Å². The molecule has 0 aromatic heterocycles. The van der Waals surface area contributed by atoms with Gasteiger partial charge < -0.3 is 10.5 Å². The highest BCUT2D eigenvalue weighted by molar-refractivity contribution is 5.86. The summed E-state index contributed by atoms with van der Waals surface area (Å²) < 4.78 is 5.16.